The van der Waals surface area contributed by atoms with Crippen molar-refractivity contribution in [2.24, 2.45) is 0 Å². The van der Waals surface area contributed by atoms with Gasteiger partial charge in [0.15, 0.2) is 0 Å². The van der Waals surface area contributed by atoms with Crippen molar-refractivity contribution in [1.29, 1.82) is 0 Å². The van der Waals surface area contributed by atoms with E-state index in [0.717, 1.165) is 39.7 Å². The number of fused-ring (bicyclic) bond motifs is 2. The van der Waals surface area contributed by atoms with Crippen molar-refractivity contribution in [3.05, 3.63) is 66.1 Å². The summed E-state index contributed by atoms with van der Waals surface area (Å²) in [5.74, 6) is 0.210. The molecule has 0 N–H and O–H groups in total. The Kier molecular flexibility index (Phi) is 4.30. The zero-order valence-corrected chi connectivity index (χ0v) is 16.1. The van der Waals surface area contributed by atoms with Crippen LogP contribution in [0.15, 0.2) is 49.2 Å². The van der Waals surface area contributed by atoms with E-state index in [1.54, 1.807) is 12.4 Å². The quantitative estimate of drug-likeness (QED) is 0.536. The van der Waals surface area contributed by atoms with Crippen LogP contribution in [0.5, 0.6) is 0 Å². The van der Waals surface area contributed by atoms with E-state index in [2.05, 4.69) is 64.7 Å². The number of rotatable bonds is 3. The molecule has 0 aliphatic rings. The molecule has 27 heavy (non-hydrogen) atoms. The zero-order chi connectivity index (χ0) is 19.0. The van der Waals surface area contributed by atoms with E-state index in [4.69, 9.17) is 0 Å². The van der Waals surface area contributed by atoms with E-state index in [0.29, 0.717) is 0 Å². The Morgan fingerprint density at radius 1 is 0.778 bits per heavy atom. The van der Waals surface area contributed by atoms with Crippen molar-refractivity contribution >= 4 is 21.9 Å². The van der Waals surface area contributed by atoms with Gasteiger partial charge in [-0.2, -0.15) is 0 Å². The van der Waals surface area contributed by atoms with E-state index in [-0.39, 0.29) is 11.3 Å². The van der Waals surface area contributed by atoms with Gasteiger partial charge in [0.05, 0.1) is 22.4 Å². The lowest BCUT2D eigenvalue weighted by Gasteiger charge is -2.20. The fraction of sp³-hybridized carbons (Fsp3) is 0.318. The van der Waals surface area contributed by atoms with E-state index < -0.39 is 0 Å². The first-order valence-electron chi connectivity index (χ1n) is 9.24. The SMILES string of the molecule is CC(Cc1ccnc2c(C(C)(C)C)nccc12)c1nccc2nccnc12. The van der Waals surface area contributed by atoms with Crippen LogP contribution in [0.2, 0.25) is 0 Å². The molecule has 5 heteroatoms. The molecule has 0 amide bonds. The fourth-order valence-corrected chi connectivity index (χ4v) is 3.57. The van der Waals surface area contributed by atoms with Gasteiger partial charge in [0.1, 0.15) is 5.52 Å². The molecule has 4 aromatic rings. The molecular weight excluding hydrogens is 334 g/mol. The van der Waals surface area contributed by atoms with Crippen LogP contribution < -0.4 is 0 Å². The molecule has 0 radical (unpaired) electrons. The molecule has 0 aliphatic carbocycles. The molecule has 0 spiro atoms. The average Bonchev–Trinajstić information content (AvgIpc) is 2.66. The predicted molar refractivity (Wildman–Crippen MR) is 108 cm³/mol. The normalized spacial score (nSPS) is 13.2. The summed E-state index contributed by atoms with van der Waals surface area (Å²) in [5.41, 5.74) is 5.96. The Morgan fingerprint density at radius 3 is 2.30 bits per heavy atom. The monoisotopic (exact) mass is 357 g/mol. The molecular formula is C22H23N5. The number of hydrogen-bond donors (Lipinski definition) is 0. The van der Waals surface area contributed by atoms with Gasteiger partial charge < -0.3 is 0 Å². The summed E-state index contributed by atoms with van der Waals surface area (Å²) >= 11 is 0. The van der Waals surface area contributed by atoms with Crippen molar-refractivity contribution in [3.63, 3.8) is 0 Å². The summed E-state index contributed by atoms with van der Waals surface area (Å²) in [5, 5.41) is 1.16. The summed E-state index contributed by atoms with van der Waals surface area (Å²) in [4.78, 5) is 22.8. The van der Waals surface area contributed by atoms with Gasteiger partial charge in [-0.25, -0.2) is 0 Å². The molecule has 4 rings (SSSR count). The maximum atomic E-state index is 4.64. The second-order valence-corrected chi connectivity index (χ2v) is 8.00. The van der Waals surface area contributed by atoms with Gasteiger partial charge in [-0.3, -0.25) is 24.9 Å². The van der Waals surface area contributed by atoms with E-state index in [1.165, 1.54) is 5.56 Å². The van der Waals surface area contributed by atoms with Crippen LogP contribution in [0.4, 0.5) is 0 Å². The molecule has 0 bridgehead atoms. The molecule has 1 atom stereocenters. The third-order valence-corrected chi connectivity index (χ3v) is 4.87. The van der Waals surface area contributed by atoms with Crippen molar-refractivity contribution in [3.8, 4) is 0 Å². The Labute approximate surface area is 159 Å². The lowest BCUT2D eigenvalue weighted by Crippen LogP contribution is -2.15. The summed E-state index contributed by atoms with van der Waals surface area (Å²) in [6, 6.07) is 6.07. The van der Waals surface area contributed by atoms with Crippen molar-refractivity contribution in [1.82, 2.24) is 24.9 Å². The number of aromatic nitrogens is 5. The smallest absolute Gasteiger partial charge is 0.110 e. The first-order chi connectivity index (χ1) is 12.9. The van der Waals surface area contributed by atoms with Crippen LogP contribution in [0.3, 0.4) is 0 Å². The minimum absolute atomic E-state index is 0.0521. The summed E-state index contributed by atoms with van der Waals surface area (Å²) in [6.07, 6.45) is 9.89. The van der Waals surface area contributed by atoms with Gasteiger partial charge in [-0.1, -0.05) is 27.7 Å². The number of hydrogen-bond acceptors (Lipinski definition) is 5. The van der Waals surface area contributed by atoms with Gasteiger partial charge in [0.2, 0.25) is 0 Å². The largest absolute Gasteiger partial charge is 0.259 e. The highest BCUT2D eigenvalue weighted by Crippen LogP contribution is 2.31. The van der Waals surface area contributed by atoms with Gasteiger partial charge in [-0.15, -0.1) is 0 Å². The van der Waals surface area contributed by atoms with Crippen molar-refractivity contribution < 1.29 is 0 Å². The first kappa shape index (κ1) is 17.5. The molecule has 136 valence electrons. The van der Waals surface area contributed by atoms with Crippen LogP contribution in [-0.2, 0) is 11.8 Å². The van der Waals surface area contributed by atoms with Gasteiger partial charge >= 0.3 is 0 Å². The maximum Gasteiger partial charge on any atom is 0.110 e. The molecule has 0 aliphatic heterocycles. The molecule has 4 heterocycles. The number of nitrogens with zero attached hydrogens (tertiary/aromatic N) is 5. The van der Waals surface area contributed by atoms with Crippen LogP contribution in [0.1, 0.15) is 50.6 Å². The minimum Gasteiger partial charge on any atom is -0.259 e. The van der Waals surface area contributed by atoms with Gasteiger partial charge in [-0.05, 0) is 30.2 Å². The van der Waals surface area contributed by atoms with Gasteiger partial charge in [0, 0.05) is 47.7 Å². The first-order valence-corrected chi connectivity index (χ1v) is 9.24. The third-order valence-electron chi connectivity index (χ3n) is 4.87. The summed E-state index contributed by atoms with van der Waals surface area (Å²) in [6.45, 7) is 8.70. The van der Waals surface area contributed by atoms with Crippen molar-refractivity contribution in [2.75, 3.05) is 0 Å². The van der Waals surface area contributed by atoms with Crippen LogP contribution >= 0.6 is 0 Å². The maximum absolute atomic E-state index is 4.64. The highest BCUT2D eigenvalue weighted by atomic mass is 14.8. The number of pyridine rings is 3. The second-order valence-electron chi connectivity index (χ2n) is 8.00. The highest BCUT2D eigenvalue weighted by molar-refractivity contribution is 5.84. The Hall–Kier alpha value is -2.95. The fourth-order valence-electron chi connectivity index (χ4n) is 3.57. The standard InChI is InChI=1S/C22H23N5/c1-14(18-20-17(7-10-24-18)23-11-12-26-20)13-15-5-8-25-19-16(15)6-9-27-21(19)22(2,3)4/h5-12,14H,13H2,1-4H3. The van der Waals surface area contributed by atoms with Crippen LogP contribution in [0, 0.1) is 0 Å². The molecule has 4 aromatic heterocycles. The highest BCUT2D eigenvalue weighted by Gasteiger charge is 2.21. The van der Waals surface area contributed by atoms with Crippen LogP contribution in [0.25, 0.3) is 21.9 Å². The Bertz CT molecular complexity index is 1110. The lowest BCUT2D eigenvalue weighted by molar-refractivity contribution is 0.574. The Morgan fingerprint density at radius 2 is 1.48 bits per heavy atom. The third kappa shape index (κ3) is 3.25. The summed E-state index contributed by atoms with van der Waals surface area (Å²) in [7, 11) is 0. The second kappa shape index (κ2) is 6.65. The molecule has 0 saturated heterocycles. The van der Waals surface area contributed by atoms with E-state index >= 15 is 0 Å². The predicted octanol–water partition coefficient (Wildman–Crippen LogP) is 4.61. The molecule has 0 fully saturated rings. The molecule has 5 nitrogen and oxygen atoms in total. The molecule has 0 aromatic carbocycles. The topological polar surface area (TPSA) is 64.5 Å². The zero-order valence-electron chi connectivity index (χ0n) is 16.1. The van der Waals surface area contributed by atoms with Crippen molar-refractivity contribution in [2.45, 2.75) is 45.4 Å². The lowest BCUT2D eigenvalue weighted by atomic mass is 9.88. The van der Waals surface area contributed by atoms with E-state index in [9.17, 15) is 0 Å². The van der Waals surface area contributed by atoms with Crippen LogP contribution in [-0.4, -0.2) is 24.9 Å². The molecule has 0 saturated carbocycles. The average molecular weight is 357 g/mol. The summed E-state index contributed by atoms with van der Waals surface area (Å²) < 4.78 is 0. The van der Waals surface area contributed by atoms with E-state index in [1.807, 2.05) is 24.7 Å². The molecule has 1 unspecified atom stereocenters. The minimum atomic E-state index is -0.0521. The Balaban J connectivity index is 1.77. The van der Waals surface area contributed by atoms with Gasteiger partial charge in [0.25, 0.3) is 0 Å².